The molecular formula is C10H10N2O4. The minimum Gasteiger partial charge on any atom is -0.505 e. The molecule has 0 aliphatic carbocycles. The van der Waals surface area contributed by atoms with Crippen molar-refractivity contribution >= 4 is 17.1 Å². The van der Waals surface area contributed by atoms with E-state index >= 15 is 0 Å². The first-order chi connectivity index (χ1) is 7.59. The fourth-order valence-electron chi connectivity index (χ4n) is 1.53. The predicted molar refractivity (Wildman–Crippen MR) is 54.9 cm³/mol. The van der Waals surface area contributed by atoms with E-state index in [2.05, 4.69) is 4.98 Å². The Morgan fingerprint density at radius 3 is 3.00 bits per heavy atom. The second kappa shape index (κ2) is 3.82. The number of phenolic OH excluding ortho intramolecular Hbond substituents is 1. The van der Waals surface area contributed by atoms with Gasteiger partial charge in [-0.15, -0.1) is 0 Å². The van der Waals surface area contributed by atoms with Gasteiger partial charge in [-0.2, -0.15) is 0 Å². The predicted octanol–water partition coefficient (Wildman–Crippen LogP) is 1.01. The van der Waals surface area contributed by atoms with Gasteiger partial charge in [0.15, 0.2) is 17.5 Å². The van der Waals surface area contributed by atoms with E-state index < -0.39 is 12.0 Å². The molecule has 1 atom stereocenters. The number of aromatic nitrogens is 1. The molecule has 1 unspecified atom stereocenters. The molecule has 0 radical (unpaired) electrons. The molecule has 0 aliphatic heterocycles. The molecule has 6 heteroatoms. The summed E-state index contributed by atoms with van der Waals surface area (Å²) in [5.41, 5.74) is 6.73. The van der Waals surface area contributed by atoms with Gasteiger partial charge < -0.3 is 20.4 Å². The first-order valence-corrected chi connectivity index (χ1v) is 4.62. The highest BCUT2D eigenvalue weighted by Gasteiger charge is 2.17. The van der Waals surface area contributed by atoms with Crippen molar-refractivity contribution in [3.63, 3.8) is 0 Å². The van der Waals surface area contributed by atoms with E-state index in [0.717, 1.165) is 0 Å². The Bertz CT molecular complexity index is 535. The maximum absolute atomic E-state index is 10.5. The van der Waals surface area contributed by atoms with E-state index in [9.17, 15) is 9.90 Å². The zero-order chi connectivity index (χ0) is 11.7. The smallest absolute Gasteiger partial charge is 0.305 e. The molecule has 84 valence electrons. The highest BCUT2D eigenvalue weighted by molar-refractivity contribution is 5.81. The summed E-state index contributed by atoms with van der Waals surface area (Å²) in [4.78, 5) is 14.3. The molecule has 1 aromatic heterocycles. The van der Waals surface area contributed by atoms with Crippen LogP contribution in [0.3, 0.4) is 0 Å². The van der Waals surface area contributed by atoms with Crippen molar-refractivity contribution in [3.05, 3.63) is 24.1 Å². The van der Waals surface area contributed by atoms with Gasteiger partial charge in [0.1, 0.15) is 5.75 Å². The summed E-state index contributed by atoms with van der Waals surface area (Å²) in [6, 6.07) is 2.37. The van der Waals surface area contributed by atoms with Gasteiger partial charge in [0.25, 0.3) is 0 Å². The van der Waals surface area contributed by atoms with Crippen LogP contribution in [0.4, 0.5) is 0 Å². The van der Waals surface area contributed by atoms with Crippen LogP contribution in [0.2, 0.25) is 0 Å². The second-order valence-corrected chi connectivity index (χ2v) is 3.41. The third-order valence-electron chi connectivity index (χ3n) is 2.30. The van der Waals surface area contributed by atoms with E-state index in [0.29, 0.717) is 16.7 Å². The fraction of sp³-hybridized carbons (Fsp3) is 0.200. The van der Waals surface area contributed by atoms with Crippen molar-refractivity contribution in [2.75, 3.05) is 0 Å². The van der Waals surface area contributed by atoms with Crippen molar-refractivity contribution < 1.29 is 19.4 Å². The lowest BCUT2D eigenvalue weighted by Gasteiger charge is -2.10. The van der Waals surface area contributed by atoms with Gasteiger partial charge in [-0.05, 0) is 12.1 Å². The Morgan fingerprint density at radius 2 is 2.31 bits per heavy atom. The standard InChI is InChI=1S/C10H10N2O4/c11-6(3-8(13)14)5-1-2-7-9(10(5)15)12-4-16-7/h1-2,4,6,15H,3,11H2,(H,13,14). The summed E-state index contributed by atoms with van der Waals surface area (Å²) in [5.74, 6) is -1.15. The van der Waals surface area contributed by atoms with Gasteiger partial charge in [0.2, 0.25) is 0 Å². The van der Waals surface area contributed by atoms with Crippen molar-refractivity contribution in [3.8, 4) is 5.75 Å². The van der Waals surface area contributed by atoms with Crippen LogP contribution in [0.1, 0.15) is 18.0 Å². The second-order valence-electron chi connectivity index (χ2n) is 3.41. The molecular weight excluding hydrogens is 212 g/mol. The lowest BCUT2D eigenvalue weighted by molar-refractivity contribution is -0.137. The summed E-state index contributed by atoms with van der Waals surface area (Å²) in [6.45, 7) is 0. The van der Waals surface area contributed by atoms with Crippen LogP contribution in [-0.4, -0.2) is 21.2 Å². The molecule has 0 saturated heterocycles. The molecule has 0 spiro atoms. The zero-order valence-electron chi connectivity index (χ0n) is 8.25. The van der Waals surface area contributed by atoms with Crippen LogP contribution in [0.15, 0.2) is 22.9 Å². The quantitative estimate of drug-likeness (QED) is 0.714. The number of carboxylic acids is 1. The summed E-state index contributed by atoms with van der Waals surface area (Å²) >= 11 is 0. The number of carbonyl (C=O) groups is 1. The van der Waals surface area contributed by atoms with Crippen molar-refractivity contribution in [1.29, 1.82) is 0 Å². The summed E-state index contributed by atoms with van der Waals surface area (Å²) in [6.07, 6.45) is 0.952. The Hall–Kier alpha value is -2.08. The Kier molecular flexibility index (Phi) is 2.49. The van der Waals surface area contributed by atoms with Crippen LogP contribution in [0, 0.1) is 0 Å². The number of nitrogens with two attached hydrogens (primary N) is 1. The number of hydrogen-bond donors (Lipinski definition) is 3. The maximum atomic E-state index is 10.5. The molecule has 0 saturated carbocycles. The van der Waals surface area contributed by atoms with E-state index in [1.54, 1.807) is 6.07 Å². The number of rotatable bonds is 3. The molecule has 16 heavy (non-hydrogen) atoms. The summed E-state index contributed by atoms with van der Waals surface area (Å²) in [7, 11) is 0. The molecule has 6 nitrogen and oxygen atoms in total. The third kappa shape index (κ3) is 1.70. The lowest BCUT2D eigenvalue weighted by atomic mass is 10.0. The molecule has 2 aromatic rings. The van der Waals surface area contributed by atoms with Crippen molar-refractivity contribution in [1.82, 2.24) is 4.98 Å². The van der Waals surface area contributed by atoms with Crippen LogP contribution < -0.4 is 5.73 Å². The maximum Gasteiger partial charge on any atom is 0.305 e. The zero-order valence-corrected chi connectivity index (χ0v) is 8.25. The van der Waals surface area contributed by atoms with Crippen LogP contribution in [0.25, 0.3) is 11.1 Å². The Labute approximate surface area is 90.3 Å². The number of phenols is 1. The number of carboxylic acid groups (broad SMARTS) is 1. The molecule has 1 heterocycles. The van der Waals surface area contributed by atoms with Gasteiger partial charge >= 0.3 is 5.97 Å². The first-order valence-electron chi connectivity index (χ1n) is 4.62. The van der Waals surface area contributed by atoms with Crippen molar-refractivity contribution in [2.45, 2.75) is 12.5 Å². The average Bonchev–Trinajstić information content (AvgIpc) is 2.65. The number of benzene rings is 1. The minimum absolute atomic E-state index is 0.125. The normalized spacial score (nSPS) is 12.8. The van der Waals surface area contributed by atoms with Gasteiger partial charge in [-0.1, -0.05) is 0 Å². The van der Waals surface area contributed by atoms with Crippen LogP contribution in [-0.2, 0) is 4.79 Å². The van der Waals surface area contributed by atoms with Crippen molar-refractivity contribution in [2.24, 2.45) is 5.73 Å². The van der Waals surface area contributed by atoms with E-state index in [1.807, 2.05) is 0 Å². The molecule has 0 fully saturated rings. The molecule has 1 aromatic carbocycles. The number of hydrogen-bond acceptors (Lipinski definition) is 5. The summed E-state index contributed by atoms with van der Waals surface area (Å²) in [5, 5.41) is 18.4. The number of aromatic hydroxyl groups is 1. The van der Waals surface area contributed by atoms with Gasteiger partial charge in [-0.3, -0.25) is 4.79 Å². The lowest BCUT2D eigenvalue weighted by Crippen LogP contribution is -2.15. The van der Waals surface area contributed by atoms with E-state index in [1.165, 1.54) is 12.5 Å². The Balaban J connectivity index is 2.44. The monoisotopic (exact) mass is 222 g/mol. The third-order valence-corrected chi connectivity index (χ3v) is 2.30. The number of nitrogens with zero attached hydrogens (tertiary/aromatic N) is 1. The van der Waals surface area contributed by atoms with E-state index in [4.69, 9.17) is 15.3 Å². The Morgan fingerprint density at radius 1 is 1.56 bits per heavy atom. The molecule has 2 rings (SSSR count). The average molecular weight is 222 g/mol. The first kappa shape index (κ1) is 10.4. The fourth-order valence-corrected chi connectivity index (χ4v) is 1.53. The van der Waals surface area contributed by atoms with E-state index in [-0.39, 0.29) is 12.2 Å². The van der Waals surface area contributed by atoms with Gasteiger partial charge in [-0.25, -0.2) is 4.98 Å². The van der Waals surface area contributed by atoms with Gasteiger partial charge in [0, 0.05) is 11.6 Å². The number of oxazole rings is 1. The van der Waals surface area contributed by atoms with Crippen LogP contribution in [0.5, 0.6) is 5.75 Å². The summed E-state index contributed by atoms with van der Waals surface area (Å²) < 4.78 is 4.99. The highest BCUT2D eigenvalue weighted by Crippen LogP contribution is 2.31. The SMILES string of the molecule is NC(CC(=O)O)c1ccc2ocnc2c1O. The number of fused-ring (bicyclic) bond motifs is 1. The number of aliphatic carboxylic acids is 1. The molecule has 0 aliphatic rings. The largest absolute Gasteiger partial charge is 0.505 e. The van der Waals surface area contributed by atoms with Crippen LogP contribution >= 0.6 is 0 Å². The molecule has 0 bridgehead atoms. The molecule has 0 amide bonds. The minimum atomic E-state index is -1.02. The van der Waals surface area contributed by atoms with Gasteiger partial charge in [0.05, 0.1) is 6.42 Å². The topological polar surface area (TPSA) is 110 Å². The molecule has 4 N–H and O–H groups in total. The highest BCUT2D eigenvalue weighted by atomic mass is 16.4.